The van der Waals surface area contributed by atoms with Gasteiger partial charge >= 0.3 is 12.1 Å². The van der Waals surface area contributed by atoms with E-state index in [-0.39, 0.29) is 36.8 Å². The summed E-state index contributed by atoms with van der Waals surface area (Å²) in [6.07, 6.45) is 2.28. The molecular weight excluding hydrogens is 420 g/mol. The molecule has 2 amide bonds. The second-order valence-corrected chi connectivity index (χ2v) is 9.04. The van der Waals surface area contributed by atoms with Crippen LogP contribution in [0.2, 0.25) is 0 Å². The predicted molar refractivity (Wildman–Crippen MR) is 124 cm³/mol. The number of rotatable bonds is 7. The Kier molecular flexibility index (Phi) is 6.96. The van der Waals surface area contributed by atoms with Crippen LogP contribution in [0.25, 0.3) is 11.1 Å². The van der Waals surface area contributed by atoms with Gasteiger partial charge in [0, 0.05) is 23.9 Å². The van der Waals surface area contributed by atoms with Crippen molar-refractivity contribution < 1.29 is 24.2 Å². The molecule has 7 nitrogen and oxygen atoms in total. The Morgan fingerprint density at radius 3 is 2.30 bits per heavy atom. The van der Waals surface area contributed by atoms with Crippen molar-refractivity contribution in [1.82, 2.24) is 10.6 Å². The lowest BCUT2D eigenvalue weighted by atomic mass is 9.85. The van der Waals surface area contributed by atoms with Crippen LogP contribution in [0.4, 0.5) is 4.79 Å². The molecule has 3 atom stereocenters. The molecule has 0 radical (unpaired) electrons. The zero-order valence-electron chi connectivity index (χ0n) is 18.8. The van der Waals surface area contributed by atoms with Gasteiger partial charge < -0.3 is 20.5 Å². The van der Waals surface area contributed by atoms with Crippen LogP contribution < -0.4 is 10.6 Å². The van der Waals surface area contributed by atoms with Gasteiger partial charge in [-0.05, 0) is 48.4 Å². The summed E-state index contributed by atoms with van der Waals surface area (Å²) in [7, 11) is 0. The van der Waals surface area contributed by atoms with Gasteiger partial charge in [0.25, 0.3) is 0 Å². The van der Waals surface area contributed by atoms with Crippen molar-refractivity contribution in [3.63, 3.8) is 0 Å². The molecule has 2 aliphatic carbocycles. The molecule has 3 N–H and O–H groups in total. The number of carboxylic acids is 1. The third-order valence-electron chi connectivity index (χ3n) is 6.58. The molecular formula is C26H30N2O5. The van der Waals surface area contributed by atoms with E-state index < -0.39 is 18.1 Å². The van der Waals surface area contributed by atoms with Gasteiger partial charge in [-0.15, -0.1) is 0 Å². The maximum Gasteiger partial charge on any atom is 0.407 e. The Bertz CT molecular complexity index is 991. The molecule has 2 aromatic rings. The van der Waals surface area contributed by atoms with Crippen LogP contribution >= 0.6 is 0 Å². The van der Waals surface area contributed by atoms with E-state index in [0.717, 1.165) is 30.4 Å². The first-order valence-corrected chi connectivity index (χ1v) is 11.6. The van der Waals surface area contributed by atoms with Crippen LogP contribution in [0.15, 0.2) is 48.5 Å². The molecule has 0 heterocycles. The SMILES string of the molecule is C[C@@H](CC(=O)O)NC(=O)[C@@H]1CCC[C@@H](NC(=O)OCC2c3ccccc3-c3ccccc32)C1. The highest BCUT2D eigenvalue weighted by atomic mass is 16.5. The number of hydrogen-bond acceptors (Lipinski definition) is 4. The number of carboxylic acid groups (broad SMARTS) is 1. The predicted octanol–water partition coefficient (Wildman–Crippen LogP) is 4.06. The van der Waals surface area contributed by atoms with Crippen LogP contribution in [-0.4, -0.2) is 41.8 Å². The van der Waals surface area contributed by atoms with Crippen molar-refractivity contribution in [2.75, 3.05) is 6.61 Å². The molecule has 2 aliphatic rings. The van der Waals surface area contributed by atoms with Crippen molar-refractivity contribution in [2.45, 2.75) is 57.0 Å². The van der Waals surface area contributed by atoms with Gasteiger partial charge in [0.05, 0.1) is 6.42 Å². The number of carbonyl (C=O) groups excluding carboxylic acids is 2. The molecule has 0 bridgehead atoms. The number of ether oxygens (including phenoxy) is 1. The lowest BCUT2D eigenvalue weighted by molar-refractivity contribution is -0.137. The molecule has 0 saturated heterocycles. The van der Waals surface area contributed by atoms with Crippen LogP contribution in [0.3, 0.4) is 0 Å². The van der Waals surface area contributed by atoms with Gasteiger partial charge in [0.15, 0.2) is 0 Å². The fourth-order valence-corrected chi connectivity index (χ4v) is 5.04. The Labute approximate surface area is 193 Å². The summed E-state index contributed by atoms with van der Waals surface area (Å²) in [6, 6.07) is 15.8. The normalized spacial score (nSPS) is 20.3. The number of hydrogen-bond donors (Lipinski definition) is 3. The van der Waals surface area contributed by atoms with Gasteiger partial charge in [-0.2, -0.15) is 0 Å². The second kappa shape index (κ2) is 10.1. The maximum absolute atomic E-state index is 12.6. The van der Waals surface area contributed by atoms with E-state index >= 15 is 0 Å². The summed E-state index contributed by atoms with van der Waals surface area (Å²) >= 11 is 0. The third kappa shape index (κ3) is 5.35. The number of alkyl carbamates (subject to hydrolysis) is 1. The van der Waals surface area contributed by atoms with E-state index in [9.17, 15) is 14.4 Å². The maximum atomic E-state index is 12.6. The average molecular weight is 451 g/mol. The zero-order valence-corrected chi connectivity index (χ0v) is 18.8. The Morgan fingerprint density at radius 2 is 1.67 bits per heavy atom. The van der Waals surface area contributed by atoms with E-state index in [4.69, 9.17) is 9.84 Å². The summed E-state index contributed by atoms with van der Waals surface area (Å²) in [4.78, 5) is 35.9. The number of amides is 2. The van der Waals surface area contributed by atoms with E-state index in [1.165, 1.54) is 11.1 Å². The number of carbonyl (C=O) groups is 3. The highest BCUT2D eigenvalue weighted by molar-refractivity contribution is 5.80. The minimum atomic E-state index is -0.943. The van der Waals surface area contributed by atoms with Crippen LogP contribution in [0.5, 0.6) is 0 Å². The largest absolute Gasteiger partial charge is 0.481 e. The Morgan fingerprint density at radius 1 is 1.03 bits per heavy atom. The summed E-state index contributed by atoms with van der Waals surface area (Å²) in [5, 5.41) is 14.6. The van der Waals surface area contributed by atoms with Crippen molar-refractivity contribution in [2.24, 2.45) is 5.92 Å². The number of nitrogens with one attached hydrogen (secondary N) is 2. The molecule has 0 spiro atoms. The quantitative estimate of drug-likeness (QED) is 0.590. The fourth-order valence-electron chi connectivity index (χ4n) is 5.04. The van der Waals surface area contributed by atoms with E-state index in [1.54, 1.807) is 6.92 Å². The fraction of sp³-hybridized carbons (Fsp3) is 0.423. The first-order chi connectivity index (χ1) is 15.9. The first-order valence-electron chi connectivity index (χ1n) is 11.6. The second-order valence-electron chi connectivity index (χ2n) is 9.04. The smallest absolute Gasteiger partial charge is 0.407 e. The van der Waals surface area contributed by atoms with Gasteiger partial charge in [0.1, 0.15) is 6.61 Å². The molecule has 4 rings (SSSR count). The minimum Gasteiger partial charge on any atom is -0.481 e. The van der Waals surface area contributed by atoms with Crippen molar-refractivity contribution in [3.05, 3.63) is 59.7 Å². The summed E-state index contributed by atoms with van der Waals surface area (Å²) < 4.78 is 5.63. The van der Waals surface area contributed by atoms with Crippen LogP contribution in [0.1, 0.15) is 56.1 Å². The lowest BCUT2D eigenvalue weighted by Crippen LogP contribution is -2.44. The lowest BCUT2D eigenvalue weighted by Gasteiger charge is -2.29. The zero-order chi connectivity index (χ0) is 23.4. The highest BCUT2D eigenvalue weighted by Gasteiger charge is 2.31. The first kappa shape index (κ1) is 22.8. The monoisotopic (exact) mass is 450 g/mol. The highest BCUT2D eigenvalue weighted by Crippen LogP contribution is 2.44. The topological polar surface area (TPSA) is 105 Å². The minimum absolute atomic E-state index is 0.00348. The van der Waals surface area contributed by atoms with Crippen molar-refractivity contribution in [1.29, 1.82) is 0 Å². The average Bonchev–Trinajstić information content (AvgIpc) is 3.11. The van der Waals surface area contributed by atoms with Gasteiger partial charge in [-0.3, -0.25) is 9.59 Å². The molecule has 174 valence electrons. The van der Waals surface area contributed by atoms with E-state index in [2.05, 4.69) is 34.9 Å². The number of fused-ring (bicyclic) bond motifs is 3. The van der Waals surface area contributed by atoms with E-state index in [1.807, 2.05) is 24.3 Å². The van der Waals surface area contributed by atoms with Gasteiger partial charge in [0.2, 0.25) is 5.91 Å². The molecule has 1 fully saturated rings. The number of benzene rings is 2. The molecule has 0 aliphatic heterocycles. The van der Waals surface area contributed by atoms with Crippen LogP contribution in [0, 0.1) is 5.92 Å². The third-order valence-corrected chi connectivity index (χ3v) is 6.58. The summed E-state index contributed by atoms with van der Waals surface area (Å²) in [5.74, 6) is -1.33. The van der Waals surface area contributed by atoms with Crippen molar-refractivity contribution in [3.8, 4) is 11.1 Å². The van der Waals surface area contributed by atoms with Crippen molar-refractivity contribution >= 4 is 18.0 Å². The molecule has 1 saturated carbocycles. The summed E-state index contributed by atoms with van der Waals surface area (Å²) in [5.41, 5.74) is 4.69. The van der Waals surface area contributed by atoms with Gasteiger partial charge in [-0.25, -0.2) is 4.79 Å². The molecule has 33 heavy (non-hydrogen) atoms. The Balaban J connectivity index is 1.30. The number of aliphatic carboxylic acids is 1. The van der Waals surface area contributed by atoms with Gasteiger partial charge in [-0.1, -0.05) is 55.0 Å². The summed E-state index contributed by atoms with van der Waals surface area (Å²) in [6.45, 7) is 1.93. The molecule has 2 aromatic carbocycles. The standard InChI is InChI=1S/C26H30N2O5/c1-16(13-24(29)30)27-25(31)17-7-6-8-18(14-17)28-26(32)33-15-23-21-11-4-2-9-19(21)20-10-3-5-12-22(20)23/h2-5,9-12,16-18,23H,6-8,13-15H2,1H3,(H,27,31)(H,28,32)(H,29,30)/t16-,17+,18+/m0/s1. The Hall–Kier alpha value is -3.35. The molecule has 0 aromatic heterocycles. The molecule has 7 heteroatoms. The van der Waals surface area contributed by atoms with Crippen LogP contribution in [-0.2, 0) is 14.3 Å². The van der Waals surface area contributed by atoms with E-state index in [0.29, 0.717) is 6.42 Å². The molecule has 0 unspecified atom stereocenters.